The van der Waals surface area contributed by atoms with Crippen molar-refractivity contribution in [1.82, 2.24) is 9.97 Å². The topological polar surface area (TPSA) is 50.2 Å². The summed E-state index contributed by atoms with van der Waals surface area (Å²) < 4.78 is 0. The summed E-state index contributed by atoms with van der Waals surface area (Å²) in [5, 5.41) is 4.36. The number of aryl methyl sites for hydroxylation is 2. The molecule has 2 rings (SSSR count). The van der Waals surface area contributed by atoms with Gasteiger partial charge >= 0.3 is 0 Å². The summed E-state index contributed by atoms with van der Waals surface area (Å²) >= 11 is 0. The first kappa shape index (κ1) is 14.2. The number of aromatic nitrogens is 2. The van der Waals surface area contributed by atoms with Crippen molar-refractivity contribution in [2.24, 2.45) is 5.10 Å². The fraction of sp³-hybridized carbons (Fsp3) is 0.312. The van der Waals surface area contributed by atoms with Crippen molar-refractivity contribution in [3.05, 3.63) is 53.3 Å². The molecule has 4 heteroatoms. The molecule has 0 radical (unpaired) electrons. The normalized spacial score (nSPS) is 11.4. The van der Waals surface area contributed by atoms with E-state index in [-0.39, 0.29) is 0 Å². The van der Waals surface area contributed by atoms with Crippen molar-refractivity contribution in [2.45, 2.75) is 33.6 Å². The lowest BCUT2D eigenvalue weighted by molar-refractivity contribution is 0.933. The summed E-state index contributed by atoms with van der Waals surface area (Å²) in [5.74, 6) is 0.566. The van der Waals surface area contributed by atoms with Crippen molar-refractivity contribution in [3.63, 3.8) is 0 Å². The average molecular weight is 268 g/mol. The molecule has 1 aromatic carbocycles. The first-order valence-electron chi connectivity index (χ1n) is 6.95. The maximum atomic E-state index is 4.44. The quantitative estimate of drug-likeness (QED) is 0.667. The summed E-state index contributed by atoms with van der Waals surface area (Å²) in [5.41, 5.74) is 7.02. The molecule has 0 aliphatic rings. The smallest absolute Gasteiger partial charge is 0.243 e. The van der Waals surface area contributed by atoms with Crippen molar-refractivity contribution in [3.8, 4) is 0 Å². The molecular formula is C16H20N4. The molecule has 2 aromatic rings. The minimum atomic E-state index is 0.566. The lowest BCUT2D eigenvalue weighted by Gasteiger charge is -2.06. The third-order valence-electron chi connectivity index (χ3n) is 3.07. The van der Waals surface area contributed by atoms with Gasteiger partial charge in [0.05, 0.1) is 5.71 Å². The second-order valence-electron chi connectivity index (χ2n) is 4.56. The van der Waals surface area contributed by atoms with E-state index in [9.17, 15) is 0 Å². The number of hydrogen-bond donors (Lipinski definition) is 1. The van der Waals surface area contributed by atoms with Crippen LogP contribution in [0.15, 0.2) is 41.5 Å². The molecule has 20 heavy (non-hydrogen) atoms. The summed E-state index contributed by atoms with van der Waals surface area (Å²) in [6.07, 6.45) is 1.79. The SMILES string of the molecule is CCc1cc(CC)nc(NN=C(C)c2ccccc2)n1. The van der Waals surface area contributed by atoms with Crippen LogP contribution < -0.4 is 5.43 Å². The predicted molar refractivity (Wildman–Crippen MR) is 83.1 cm³/mol. The highest BCUT2D eigenvalue weighted by molar-refractivity contribution is 5.98. The molecule has 0 spiro atoms. The van der Waals surface area contributed by atoms with Gasteiger partial charge in [-0.15, -0.1) is 0 Å². The van der Waals surface area contributed by atoms with Gasteiger partial charge in [-0.2, -0.15) is 5.10 Å². The van der Waals surface area contributed by atoms with Crippen molar-refractivity contribution >= 4 is 11.7 Å². The number of nitrogens with zero attached hydrogens (tertiary/aromatic N) is 3. The molecule has 0 aliphatic carbocycles. The minimum Gasteiger partial charge on any atom is -0.245 e. The van der Waals surface area contributed by atoms with E-state index in [1.165, 1.54) is 0 Å². The number of nitrogens with one attached hydrogen (secondary N) is 1. The van der Waals surface area contributed by atoms with Crippen LogP contribution in [-0.2, 0) is 12.8 Å². The monoisotopic (exact) mass is 268 g/mol. The van der Waals surface area contributed by atoms with Gasteiger partial charge < -0.3 is 0 Å². The fourth-order valence-corrected chi connectivity index (χ4v) is 1.84. The van der Waals surface area contributed by atoms with E-state index in [1.807, 2.05) is 43.3 Å². The van der Waals surface area contributed by atoms with Crippen LogP contribution >= 0.6 is 0 Å². The van der Waals surface area contributed by atoms with Gasteiger partial charge in [0, 0.05) is 11.4 Å². The summed E-state index contributed by atoms with van der Waals surface area (Å²) in [4.78, 5) is 8.87. The average Bonchev–Trinajstić information content (AvgIpc) is 2.53. The third-order valence-corrected chi connectivity index (χ3v) is 3.07. The van der Waals surface area contributed by atoms with E-state index >= 15 is 0 Å². The number of benzene rings is 1. The van der Waals surface area contributed by atoms with E-state index in [1.54, 1.807) is 0 Å². The van der Waals surface area contributed by atoms with Gasteiger partial charge in [0.1, 0.15) is 0 Å². The zero-order valence-corrected chi connectivity index (χ0v) is 12.2. The van der Waals surface area contributed by atoms with Gasteiger partial charge in [0.2, 0.25) is 5.95 Å². The molecule has 0 fully saturated rings. The van der Waals surface area contributed by atoms with Gasteiger partial charge in [-0.1, -0.05) is 44.2 Å². The van der Waals surface area contributed by atoms with Gasteiger partial charge in [0.15, 0.2) is 0 Å². The van der Waals surface area contributed by atoms with Crippen LogP contribution in [0, 0.1) is 0 Å². The molecule has 0 atom stereocenters. The van der Waals surface area contributed by atoms with Crippen LogP contribution in [0.5, 0.6) is 0 Å². The predicted octanol–water partition coefficient (Wildman–Crippen LogP) is 3.44. The Hall–Kier alpha value is -2.23. The standard InChI is InChI=1S/C16H20N4/c1-4-14-11-15(5-2)18-16(17-14)20-19-12(3)13-9-7-6-8-10-13/h6-11H,4-5H2,1-3H3,(H,17,18,20). The molecular weight excluding hydrogens is 248 g/mol. The molecule has 104 valence electrons. The van der Waals surface area contributed by atoms with Gasteiger partial charge in [-0.05, 0) is 31.4 Å². The van der Waals surface area contributed by atoms with Crippen molar-refractivity contribution in [2.75, 3.05) is 5.43 Å². The summed E-state index contributed by atoms with van der Waals surface area (Å²) in [7, 11) is 0. The highest BCUT2D eigenvalue weighted by atomic mass is 15.4. The zero-order chi connectivity index (χ0) is 14.4. The van der Waals surface area contributed by atoms with Crippen molar-refractivity contribution < 1.29 is 0 Å². The molecule has 0 saturated heterocycles. The van der Waals surface area contributed by atoms with Gasteiger partial charge in [-0.25, -0.2) is 15.4 Å². The van der Waals surface area contributed by atoms with Crippen LogP contribution in [0.1, 0.15) is 37.7 Å². The second-order valence-corrected chi connectivity index (χ2v) is 4.56. The molecule has 0 bridgehead atoms. The summed E-state index contributed by atoms with van der Waals surface area (Å²) in [6, 6.07) is 12.1. The van der Waals surface area contributed by atoms with Crippen LogP contribution in [0.4, 0.5) is 5.95 Å². The van der Waals surface area contributed by atoms with Crippen molar-refractivity contribution in [1.29, 1.82) is 0 Å². The maximum absolute atomic E-state index is 4.44. The molecule has 1 aromatic heterocycles. The van der Waals surface area contributed by atoms with E-state index in [0.717, 1.165) is 35.5 Å². The van der Waals surface area contributed by atoms with Crippen LogP contribution in [-0.4, -0.2) is 15.7 Å². The Kier molecular flexibility index (Phi) is 4.82. The van der Waals surface area contributed by atoms with Crippen LogP contribution in [0.25, 0.3) is 0 Å². The molecule has 0 amide bonds. The Labute approximate surface area is 120 Å². The Balaban J connectivity index is 2.18. The molecule has 1 N–H and O–H groups in total. The number of rotatable bonds is 5. The molecule has 0 aliphatic heterocycles. The van der Waals surface area contributed by atoms with E-state index < -0.39 is 0 Å². The first-order chi connectivity index (χ1) is 9.72. The van der Waals surface area contributed by atoms with Gasteiger partial charge in [-0.3, -0.25) is 0 Å². The molecule has 1 heterocycles. The number of hydrogen-bond acceptors (Lipinski definition) is 4. The largest absolute Gasteiger partial charge is 0.245 e. The molecule has 0 unspecified atom stereocenters. The highest BCUT2D eigenvalue weighted by Gasteiger charge is 2.02. The third kappa shape index (κ3) is 3.63. The van der Waals surface area contributed by atoms with E-state index in [4.69, 9.17) is 0 Å². The lowest BCUT2D eigenvalue weighted by Crippen LogP contribution is -2.05. The van der Waals surface area contributed by atoms with Crippen LogP contribution in [0.3, 0.4) is 0 Å². The molecule has 4 nitrogen and oxygen atoms in total. The Morgan fingerprint density at radius 1 is 1.05 bits per heavy atom. The van der Waals surface area contributed by atoms with E-state index in [0.29, 0.717) is 5.95 Å². The first-order valence-corrected chi connectivity index (χ1v) is 6.95. The summed E-state index contributed by atoms with van der Waals surface area (Å²) in [6.45, 7) is 6.14. The number of anilines is 1. The Morgan fingerprint density at radius 3 is 2.20 bits per heavy atom. The maximum Gasteiger partial charge on any atom is 0.243 e. The fourth-order valence-electron chi connectivity index (χ4n) is 1.84. The van der Waals surface area contributed by atoms with E-state index in [2.05, 4.69) is 34.3 Å². The number of hydrazone groups is 1. The molecule has 0 saturated carbocycles. The van der Waals surface area contributed by atoms with Gasteiger partial charge in [0.25, 0.3) is 0 Å². The zero-order valence-electron chi connectivity index (χ0n) is 12.2. The van der Waals surface area contributed by atoms with Crippen LogP contribution in [0.2, 0.25) is 0 Å². The minimum absolute atomic E-state index is 0.566. The Morgan fingerprint density at radius 2 is 1.65 bits per heavy atom. The lowest BCUT2D eigenvalue weighted by atomic mass is 10.1. The second kappa shape index (κ2) is 6.80. The highest BCUT2D eigenvalue weighted by Crippen LogP contribution is 2.08. The Bertz CT molecular complexity index is 568.